The molecule has 0 atom stereocenters. The molecule has 1 aromatic carbocycles. The zero-order valence-electron chi connectivity index (χ0n) is 13.5. The van der Waals surface area contributed by atoms with Gasteiger partial charge >= 0.3 is 12.4 Å². The number of benzene rings is 1. The Bertz CT molecular complexity index is 557. The Morgan fingerprint density at radius 3 is 1.85 bits per heavy atom. The third-order valence-electron chi connectivity index (χ3n) is 3.02. The number of nitrogens with two attached hydrogens (primary N) is 1. The number of amides is 1. The summed E-state index contributed by atoms with van der Waals surface area (Å²) < 4.78 is 86.5. The van der Waals surface area contributed by atoms with Crippen LogP contribution in [0.5, 0.6) is 0 Å². The third kappa shape index (κ3) is 7.58. The Kier molecular flexibility index (Phi) is 8.31. The first kappa shape index (κ1) is 22.2. The maximum absolute atomic E-state index is 12.7. The van der Waals surface area contributed by atoms with Gasteiger partial charge in [0.2, 0.25) is 0 Å². The maximum Gasteiger partial charge on any atom is 0.416 e. The highest BCUT2D eigenvalue weighted by molar-refractivity contribution is 5.94. The third-order valence-corrected chi connectivity index (χ3v) is 3.02. The van der Waals surface area contributed by atoms with Crippen molar-refractivity contribution in [3.63, 3.8) is 0 Å². The fraction of sp³-hybridized carbons (Fsp3) is 0.533. The smallest absolute Gasteiger partial charge is 0.378 e. The van der Waals surface area contributed by atoms with Crippen LogP contribution in [0, 0.1) is 0 Å². The van der Waals surface area contributed by atoms with E-state index in [4.69, 9.17) is 15.2 Å². The fourth-order valence-corrected chi connectivity index (χ4v) is 1.83. The molecule has 0 aliphatic rings. The molecule has 26 heavy (non-hydrogen) atoms. The largest absolute Gasteiger partial charge is 0.416 e. The van der Waals surface area contributed by atoms with E-state index in [1.165, 1.54) is 0 Å². The first-order chi connectivity index (χ1) is 12.1. The van der Waals surface area contributed by atoms with E-state index in [-0.39, 0.29) is 32.4 Å². The Morgan fingerprint density at radius 1 is 0.885 bits per heavy atom. The molecule has 3 N–H and O–H groups in total. The zero-order valence-corrected chi connectivity index (χ0v) is 13.5. The van der Waals surface area contributed by atoms with Crippen molar-refractivity contribution in [2.75, 3.05) is 39.5 Å². The fourth-order valence-electron chi connectivity index (χ4n) is 1.83. The van der Waals surface area contributed by atoms with Gasteiger partial charge in [-0.3, -0.25) is 4.79 Å². The summed E-state index contributed by atoms with van der Waals surface area (Å²) in [6, 6.07) is 0.694. The van der Waals surface area contributed by atoms with Crippen LogP contribution in [0.1, 0.15) is 21.5 Å². The van der Waals surface area contributed by atoms with Crippen LogP contribution in [0.4, 0.5) is 26.3 Å². The van der Waals surface area contributed by atoms with E-state index >= 15 is 0 Å². The molecule has 0 unspecified atom stereocenters. The van der Waals surface area contributed by atoms with Gasteiger partial charge in [-0.2, -0.15) is 26.3 Å². The summed E-state index contributed by atoms with van der Waals surface area (Å²) in [6.45, 7) is 1.12. The summed E-state index contributed by atoms with van der Waals surface area (Å²) in [5, 5.41) is 2.20. The second kappa shape index (κ2) is 9.74. The number of hydrogen-bond acceptors (Lipinski definition) is 4. The average Bonchev–Trinajstić information content (AvgIpc) is 2.55. The molecule has 0 heterocycles. The number of alkyl halides is 6. The van der Waals surface area contributed by atoms with Crippen LogP contribution in [0.15, 0.2) is 18.2 Å². The summed E-state index contributed by atoms with van der Waals surface area (Å²) in [6.07, 6.45) is -10.0. The summed E-state index contributed by atoms with van der Waals surface area (Å²) >= 11 is 0. The summed E-state index contributed by atoms with van der Waals surface area (Å²) in [7, 11) is 0. The van der Waals surface area contributed by atoms with Crippen molar-refractivity contribution in [1.29, 1.82) is 0 Å². The van der Waals surface area contributed by atoms with Gasteiger partial charge in [0.25, 0.3) is 5.91 Å². The molecule has 0 aromatic heterocycles. The van der Waals surface area contributed by atoms with Crippen molar-refractivity contribution in [3.8, 4) is 0 Å². The highest BCUT2D eigenvalue weighted by Crippen LogP contribution is 2.36. The number of hydrogen-bond donors (Lipinski definition) is 2. The van der Waals surface area contributed by atoms with E-state index in [1.54, 1.807) is 0 Å². The topological polar surface area (TPSA) is 73.6 Å². The van der Waals surface area contributed by atoms with Gasteiger partial charge in [-0.15, -0.1) is 0 Å². The van der Waals surface area contributed by atoms with E-state index in [0.29, 0.717) is 25.3 Å². The number of carbonyl (C=O) groups is 1. The molecule has 0 aliphatic carbocycles. The highest BCUT2D eigenvalue weighted by atomic mass is 19.4. The molecule has 1 aromatic rings. The molecule has 1 rings (SSSR count). The summed E-state index contributed by atoms with van der Waals surface area (Å²) in [4.78, 5) is 11.8. The van der Waals surface area contributed by atoms with Crippen LogP contribution in [-0.2, 0) is 21.8 Å². The second-order valence-corrected chi connectivity index (χ2v) is 5.06. The standard InChI is InChI=1S/C15H18F6N2O3/c16-14(17,18)11-7-10(8-12(9-11)15(19,20)21)13(24)23-2-4-26-6-5-25-3-1-22/h7-9H,1-6,22H2,(H,23,24). The molecule has 0 fully saturated rings. The van der Waals surface area contributed by atoms with Gasteiger partial charge in [-0.25, -0.2) is 0 Å². The predicted molar refractivity (Wildman–Crippen MR) is 79.5 cm³/mol. The Hall–Kier alpha value is -1.85. The first-order valence-electron chi connectivity index (χ1n) is 7.49. The lowest BCUT2D eigenvalue weighted by Gasteiger charge is -2.14. The van der Waals surface area contributed by atoms with Crippen LogP contribution in [0.3, 0.4) is 0 Å². The predicted octanol–water partition coefficient (Wildman–Crippen LogP) is 2.45. The van der Waals surface area contributed by atoms with Gasteiger partial charge in [-0.1, -0.05) is 0 Å². The molecular formula is C15H18F6N2O3. The van der Waals surface area contributed by atoms with Gasteiger partial charge < -0.3 is 20.5 Å². The van der Waals surface area contributed by atoms with E-state index in [9.17, 15) is 31.1 Å². The molecule has 1 amide bonds. The summed E-state index contributed by atoms with van der Waals surface area (Å²) in [5.74, 6) is -1.07. The minimum absolute atomic E-state index is 0.0167. The average molecular weight is 388 g/mol. The molecule has 148 valence electrons. The molecule has 0 saturated carbocycles. The molecule has 0 spiro atoms. The minimum atomic E-state index is -5.01. The van der Waals surface area contributed by atoms with Gasteiger partial charge in [0.1, 0.15) is 0 Å². The van der Waals surface area contributed by atoms with Crippen molar-refractivity contribution in [2.45, 2.75) is 12.4 Å². The Morgan fingerprint density at radius 2 is 1.38 bits per heavy atom. The van der Waals surface area contributed by atoms with Crippen LogP contribution in [0.25, 0.3) is 0 Å². The molecule has 11 heteroatoms. The van der Waals surface area contributed by atoms with Crippen molar-refractivity contribution in [1.82, 2.24) is 5.32 Å². The van der Waals surface area contributed by atoms with E-state index in [2.05, 4.69) is 5.32 Å². The number of halogens is 6. The van der Waals surface area contributed by atoms with Crippen LogP contribution in [0.2, 0.25) is 0 Å². The molecule has 0 saturated heterocycles. The molecular weight excluding hydrogens is 370 g/mol. The Labute approximate surface area is 145 Å². The first-order valence-corrected chi connectivity index (χ1v) is 7.49. The van der Waals surface area contributed by atoms with E-state index in [0.717, 1.165) is 0 Å². The van der Waals surface area contributed by atoms with E-state index < -0.39 is 35.0 Å². The Balaban J connectivity index is 2.65. The van der Waals surface area contributed by atoms with E-state index in [1.807, 2.05) is 0 Å². The van der Waals surface area contributed by atoms with Gasteiger partial charge in [-0.05, 0) is 18.2 Å². The van der Waals surface area contributed by atoms with Crippen molar-refractivity contribution in [2.24, 2.45) is 5.73 Å². The zero-order chi connectivity index (χ0) is 19.8. The van der Waals surface area contributed by atoms with Crippen molar-refractivity contribution in [3.05, 3.63) is 34.9 Å². The lowest BCUT2D eigenvalue weighted by molar-refractivity contribution is -0.143. The SMILES string of the molecule is NCCOCCOCCNC(=O)c1cc(C(F)(F)F)cc(C(F)(F)F)c1. The van der Waals surface area contributed by atoms with Gasteiger partial charge in [0.15, 0.2) is 0 Å². The van der Waals surface area contributed by atoms with Gasteiger partial charge in [0, 0.05) is 18.7 Å². The van der Waals surface area contributed by atoms with Crippen LogP contribution < -0.4 is 11.1 Å². The van der Waals surface area contributed by atoms with Crippen LogP contribution >= 0.6 is 0 Å². The monoisotopic (exact) mass is 388 g/mol. The van der Waals surface area contributed by atoms with Crippen molar-refractivity contribution < 1.29 is 40.6 Å². The highest BCUT2D eigenvalue weighted by Gasteiger charge is 2.37. The number of rotatable bonds is 9. The van der Waals surface area contributed by atoms with Gasteiger partial charge in [0.05, 0.1) is 37.6 Å². The summed E-state index contributed by atoms with van der Waals surface area (Å²) in [5.41, 5.74) is 1.36. The second-order valence-electron chi connectivity index (χ2n) is 5.06. The maximum atomic E-state index is 12.7. The molecule has 5 nitrogen and oxygen atoms in total. The number of carbonyl (C=O) groups excluding carboxylic acids is 1. The van der Waals surface area contributed by atoms with Crippen molar-refractivity contribution >= 4 is 5.91 Å². The number of ether oxygens (including phenoxy) is 2. The van der Waals surface area contributed by atoms with Crippen LogP contribution in [-0.4, -0.2) is 45.4 Å². The lowest BCUT2D eigenvalue weighted by Crippen LogP contribution is -2.28. The lowest BCUT2D eigenvalue weighted by atomic mass is 10.0. The minimum Gasteiger partial charge on any atom is -0.378 e. The quantitative estimate of drug-likeness (QED) is 0.504. The molecule has 0 bridgehead atoms. The molecule has 0 radical (unpaired) electrons. The number of nitrogens with one attached hydrogen (secondary N) is 1. The molecule has 0 aliphatic heterocycles. The normalized spacial score (nSPS) is 12.3.